The van der Waals surface area contributed by atoms with Crippen molar-refractivity contribution < 1.29 is 4.79 Å². The molecule has 25 heavy (non-hydrogen) atoms. The molecular weight excluding hydrogens is 334 g/mol. The maximum atomic E-state index is 12.5. The molecule has 0 aliphatic rings. The molecule has 0 bridgehead atoms. The van der Waals surface area contributed by atoms with E-state index >= 15 is 0 Å². The number of carbonyl (C=O) groups is 1. The maximum absolute atomic E-state index is 12.5. The number of thiazole rings is 1. The Kier molecular flexibility index (Phi) is 3.73. The Morgan fingerprint density at radius 3 is 2.88 bits per heavy atom. The first-order valence-corrected chi connectivity index (χ1v) is 8.85. The van der Waals surface area contributed by atoms with Gasteiger partial charge in [-0.2, -0.15) is 5.10 Å². The van der Waals surface area contributed by atoms with E-state index in [1.54, 1.807) is 18.5 Å². The predicted octanol–water partition coefficient (Wildman–Crippen LogP) is 4.18. The van der Waals surface area contributed by atoms with E-state index in [4.69, 9.17) is 0 Å². The molecule has 0 saturated carbocycles. The minimum atomic E-state index is -0.220. The van der Waals surface area contributed by atoms with Crippen LogP contribution in [0.2, 0.25) is 0 Å². The minimum absolute atomic E-state index is 0.218. The lowest BCUT2D eigenvalue weighted by Crippen LogP contribution is -2.12. The first kappa shape index (κ1) is 15.7. The number of aromatic nitrogens is 4. The van der Waals surface area contributed by atoms with Gasteiger partial charge >= 0.3 is 0 Å². The average molecular weight is 351 g/mol. The van der Waals surface area contributed by atoms with Crippen LogP contribution in [0, 0.1) is 6.92 Å². The summed E-state index contributed by atoms with van der Waals surface area (Å²) in [6, 6.07) is 8.07. The zero-order valence-electron chi connectivity index (χ0n) is 14.1. The number of benzene rings is 1. The van der Waals surface area contributed by atoms with E-state index in [1.807, 2.05) is 37.6 Å². The van der Waals surface area contributed by atoms with Crippen molar-refractivity contribution in [3.05, 3.63) is 47.8 Å². The van der Waals surface area contributed by atoms with Gasteiger partial charge in [0.2, 0.25) is 0 Å². The van der Waals surface area contributed by atoms with Crippen LogP contribution in [0.25, 0.3) is 21.3 Å². The van der Waals surface area contributed by atoms with E-state index in [2.05, 4.69) is 26.4 Å². The molecule has 6 nitrogen and oxygen atoms in total. The van der Waals surface area contributed by atoms with Crippen molar-refractivity contribution in [1.82, 2.24) is 19.7 Å². The Hall–Kier alpha value is -2.80. The molecule has 1 aromatic carbocycles. The van der Waals surface area contributed by atoms with Crippen LogP contribution in [0.4, 0.5) is 5.13 Å². The highest BCUT2D eigenvalue weighted by Gasteiger charge is 2.13. The van der Waals surface area contributed by atoms with Gasteiger partial charge in [-0.15, -0.1) is 0 Å². The van der Waals surface area contributed by atoms with Crippen molar-refractivity contribution in [1.29, 1.82) is 0 Å². The molecule has 0 aliphatic heterocycles. The fraction of sp³-hybridized carbons (Fsp3) is 0.222. The first-order valence-electron chi connectivity index (χ1n) is 8.03. The summed E-state index contributed by atoms with van der Waals surface area (Å²) >= 11 is 1.47. The SMILES string of the molecule is Cc1ccc2nc(NC(=O)c3cnc4c(cnn4C(C)C)c3)sc2c1. The summed E-state index contributed by atoms with van der Waals surface area (Å²) in [7, 11) is 0. The van der Waals surface area contributed by atoms with Crippen LogP contribution in [0.1, 0.15) is 35.8 Å². The third-order valence-electron chi connectivity index (χ3n) is 3.95. The molecule has 0 saturated heterocycles. The number of hydrogen-bond acceptors (Lipinski definition) is 5. The summed E-state index contributed by atoms with van der Waals surface area (Å²) < 4.78 is 2.90. The molecule has 1 amide bonds. The number of fused-ring (bicyclic) bond motifs is 2. The second-order valence-electron chi connectivity index (χ2n) is 6.26. The standard InChI is InChI=1S/C18H17N5OS/c1-10(2)23-16-12(9-20-23)7-13(8-19-16)17(24)22-18-21-14-5-4-11(3)6-15(14)25-18/h4-10H,1-3H3,(H,21,22,24). The van der Waals surface area contributed by atoms with Crippen LogP contribution >= 0.6 is 11.3 Å². The number of pyridine rings is 1. The molecule has 126 valence electrons. The van der Waals surface area contributed by atoms with Crippen molar-refractivity contribution in [2.24, 2.45) is 0 Å². The summed E-state index contributed by atoms with van der Waals surface area (Å²) in [4.78, 5) is 21.4. The lowest BCUT2D eigenvalue weighted by Gasteiger charge is -2.06. The number of aryl methyl sites for hydroxylation is 1. The second kappa shape index (κ2) is 5.93. The van der Waals surface area contributed by atoms with Crippen molar-refractivity contribution in [3.8, 4) is 0 Å². The fourth-order valence-corrected chi connectivity index (χ4v) is 3.66. The van der Waals surface area contributed by atoms with Gasteiger partial charge in [0.15, 0.2) is 10.8 Å². The smallest absolute Gasteiger partial charge is 0.259 e. The fourth-order valence-electron chi connectivity index (χ4n) is 2.70. The average Bonchev–Trinajstić information content (AvgIpc) is 3.16. The molecule has 7 heteroatoms. The summed E-state index contributed by atoms with van der Waals surface area (Å²) in [5.41, 5.74) is 3.33. The van der Waals surface area contributed by atoms with E-state index in [0.29, 0.717) is 10.7 Å². The summed E-state index contributed by atoms with van der Waals surface area (Å²) in [6.07, 6.45) is 3.31. The molecule has 4 aromatic rings. The number of rotatable bonds is 3. The Morgan fingerprint density at radius 2 is 2.08 bits per heavy atom. The zero-order valence-corrected chi connectivity index (χ0v) is 15.0. The minimum Gasteiger partial charge on any atom is -0.298 e. The molecular formula is C18H17N5OS. The highest BCUT2D eigenvalue weighted by Crippen LogP contribution is 2.27. The van der Waals surface area contributed by atoms with Crippen LogP contribution < -0.4 is 5.32 Å². The summed E-state index contributed by atoms with van der Waals surface area (Å²) in [5.74, 6) is -0.220. The summed E-state index contributed by atoms with van der Waals surface area (Å²) in [6.45, 7) is 6.13. The lowest BCUT2D eigenvalue weighted by atomic mass is 10.2. The molecule has 0 fully saturated rings. The predicted molar refractivity (Wildman–Crippen MR) is 100 cm³/mol. The largest absolute Gasteiger partial charge is 0.298 e. The van der Waals surface area contributed by atoms with Gasteiger partial charge in [-0.05, 0) is 44.5 Å². The van der Waals surface area contributed by atoms with Gasteiger partial charge < -0.3 is 0 Å². The Labute approximate surface area is 148 Å². The van der Waals surface area contributed by atoms with Crippen molar-refractivity contribution >= 4 is 43.6 Å². The molecule has 4 rings (SSSR count). The number of amides is 1. The molecule has 3 heterocycles. The zero-order chi connectivity index (χ0) is 17.6. The van der Waals surface area contributed by atoms with E-state index in [0.717, 1.165) is 21.3 Å². The van der Waals surface area contributed by atoms with Crippen molar-refractivity contribution in [2.75, 3.05) is 5.32 Å². The van der Waals surface area contributed by atoms with Crippen LogP contribution in [-0.2, 0) is 0 Å². The van der Waals surface area contributed by atoms with E-state index in [9.17, 15) is 4.79 Å². The number of nitrogens with one attached hydrogen (secondary N) is 1. The van der Waals surface area contributed by atoms with E-state index < -0.39 is 0 Å². The molecule has 0 unspecified atom stereocenters. The normalized spacial score (nSPS) is 11.5. The third-order valence-corrected chi connectivity index (χ3v) is 4.88. The van der Waals surface area contributed by atoms with Crippen LogP contribution in [0.15, 0.2) is 36.7 Å². The molecule has 1 N–H and O–H groups in total. The molecule has 3 aromatic heterocycles. The highest BCUT2D eigenvalue weighted by molar-refractivity contribution is 7.22. The quantitative estimate of drug-likeness (QED) is 0.601. The second-order valence-corrected chi connectivity index (χ2v) is 7.29. The molecule has 0 radical (unpaired) electrons. The van der Waals surface area contributed by atoms with Gasteiger partial charge in [-0.3, -0.25) is 10.1 Å². The maximum Gasteiger partial charge on any atom is 0.259 e. The van der Waals surface area contributed by atoms with Crippen molar-refractivity contribution in [2.45, 2.75) is 26.8 Å². The van der Waals surface area contributed by atoms with Gasteiger partial charge in [0.1, 0.15) is 0 Å². The van der Waals surface area contributed by atoms with Gasteiger partial charge in [-0.25, -0.2) is 14.6 Å². The van der Waals surface area contributed by atoms with E-state index in [-0.39, 0.29) is 11.9 Å². The number of anilines is 1. The topological polar surface area (TPSA) is 72.7 Å². The summed E-state index contributed by atoms with van der Waals surface area (Å²) in [5, 5.41) is 8.63. The molecule has 0 atom stereocenters. The van der Waals surface area contributed by atoms with Crippen LogP contribution in [-0.4, -0.2) is 25.7 Å². The first-order chi connectivity index (χ1) is 12.0. The monoisotopic (exact) mass is 351 g/mol. The highest BCUT2D eigenvalue weighted by atomic mass is 32.1. The number of carbonyl (C=O) groups excluding carboxylic acids is 1. The third kappa shape index (κ3) is 2.87. The molecule has 0 aliphatic carbocycles. The Bertz CT molecular complexity index is 1100. The number of hydrogen-bond donors (Lipinski definition) is 1. The van der Waals surface area contributed by atoms with Gasteiger partial charge in [0.05, 0.1) is 22.0 Å². The van der Waals surface area contributed by atoms with E-state index in [1.165, 1.54) is 16.9 Å². The van der Waals surface area contributed by atoms with Gasteiger partial charge in [0, 0.05) is 17.6 Å². The van der Waals surface area contributed by atoms with Gasteiger partial charge in [0.25, 0.3) is 5.91 Å². The van der Waals surface area contributed by atoms with Crippen molar-refractivity contribution in [3.63, 3.8) is 0 Å². The van der Waals surface area contributed by atoms with Gasteiger partial charge in [-0.1, -0.05) is 17.4 Å². The molecule has 0 spiro atoms. The lowest BCUT2D eigenvalue weighted by molar-refractivity contribution is 0.102. The van der Waals surface area contributed by atoms with Crippen LogP contribution in [0.5, 0.6) is 0 Å². The van der Waals surface area contributed by atoms with Crippen LogP contribution in [0.3, 0.4) is 0 Å². The number of nitrogens with zero attached hydrogens (tertiary/aromatic N) is 4. The Balaban J connectivity index is 1.62. The Morgan fingerprint density at radius 1 is 1.24 bits per heavy atom.